The number of aromatic nitrogens is 2. The first kappa shape index (κ1) is 18.3. The molecule has 1 aromatic carbocycles. The van der Waals surface area contributed by atoms with Gasteiger partial charge >= 0.3 is 6.09 Å². The van der Waals surface area contributed by atoms with Gasteiger partial charge in [0.2, 0.25) is 5.89 Å². The van der Waals surface area contributed by atoms with Crippen LogP contribution in [0, 0.1) is 6.92 Å². The van der Waals surface area contributed by atoms with Crippen molar-refractivity contribution in [2.45, 2.75) is 38.7 Å². The van der Waals surface area contributed by atoms with Crippen LogP contribution in [0.4, 0.5) is 9.18 Å². The first-order chi connectivity index (χ1) is 12.5. The molecule has 8 heteroatoms. The summed E-state index contributed by atoms with van der Waals surface area (Å²) in [5.74, 6) is 1.00. The lowest BCUT2D eigenvalue weighted by atomic mass is 10.2. The van der Waals surface area contributed by atoms with E-state index >= 15 is 0 Å². The summed E-state index contributed by atoms with van der Waals surface area (Å²) in [6.45, 7) is 3.00. The Kier molecular flexibility index (Phi) is 5.82. The number of alkyl halides is 1. The number of likely N-dealkylation sites (tertiary alicyclic amines) is 1. The van der Waals surface area contributed by atoms with Crippen LogP contribution in [0.25, 0.3) is 0 Å². The molecule has 0 N–H and O–H groups in total. The number of likely N-dealkylation sites (N-methyl/N-ethyl adjacent to an activating group) is 1. The summed E-state index contributed by atoms with van der Waals surface area (Å²) < 4.78 is 24.2. The Morgan fingerprint density at radius 1 is 1.42 bits per heavy atom. The molecule has 0 bridgehead atoms. The number of ether oxygens (including phenoxy) is 1. The van der Waals surface area contributed by atoms with Crippen LogP contribution in [0.5, 0.6) is 0 Å². The number of carbonyl (C=O) groups is 1. The van der Waals surface area contributed by atoms with Crippen molar-refractivity contribution in [2.75, 3.05) is 20.1 Å². The van der Waals surface area contributed by atoms with Crippen molar-refractivity contribution >= 4 is 6.09 Å². The van der Waals surface area contributed by atoms with Crippen molar-refractivity contribution < 1.29 is 18.4 Å². The van der Waals surface area contributed by atoms with Crippen LogP contribution in [0.2, 0.25) is 0 Å². The summed E-state index contributed by atoms with van der Waals surface area (Å²) in [6, 6.07) is 9.37. The van der Waals surface area contributed by atoms with Crippen LogP contribution >= 0.6 is 0 Å². The maximum absolute atomic E-state index is 13.9. The van der Waals surface area contributed by atoms with Gasteiger partial charge in [0.25, 0.3) is 0 Å². The molecule has 1 aliphatic heterocycles. The lowest BCUT2D eigenvalue weighted by Crippen LogP contribution is -2.41. The van der Waals surface area contributed by atoms with Gasteiger partial charge < -0.3 is 14.2 Å². The number of halogens is 1. The van der Waals surface area contributed by atoms with Crippen molar-refractivity contribution in [3.63, 3.8) is 0 Å². The van der Waals surface area contributed by atoms with Crippen molar-refractivity contribution in [3.05, 3.63) is 47.6 Å². The summed E-state index contributed by atoms with van der Waals surface area (Å²) in [5.41, 5.74) is 0.924. The average molecular weight is 362 g/mol. The van der Waals surface area contributed by atoms with Gasteiger partial charge in [0, 0.05) is 33.1 Å². The molecule has 26 heavy (non-hydrogen) atoms. The van der Waals surface area contributed by atoms with E-state index in [9.17, 15) is 9.18 Å². The number of hydrogen-bond donors (Lipinski definition) is 0. The molecule has 140 valence electrons. The van der Waals surface area contributed by atoms with E-state index in [0.29, 0.717) is 37.8 Å². The maximum atomic E-state index is 13.9. The topological polar surface area (TPSA) is 71.7 Å². The highest BCUT2D eigenvalue weighted by Gasteiger charge is 2.34. The summed E-state index contributed by atoms with van der Waals surface area (Å²) in [5, 5.41) is 3.86. The van der Waals surface area contributed by atoms with Crippen LogP contribution in [-0.2, 0) is 17.9 Å². The lowest BCUT2D eigenvalue weighted by Gasteiger charge is -2.27. The van der Waals surface area contributed by atoms with Gasteiger partial charge in [-0.1, -0.05) is 35.5 Å². The van der Waals surface area contributed by atoms with E-state index in [1.807, 2.05) is 35.2 Å². The normalized spacial score (nSPS) is 20.3. The van der Waals surface area contributed by atoms with Crippen LogP contribution in [0.3, 0.4) is 0 Å². The standard InChI is InChI=1S/C18H23FN4O3/c1-13-20-17(21-26-13)11-23-9-15(19)8-16(23)10-22(2)18(24)25-12-14-6-4-3-5-7-14/h3-7,15-16H,8-12H2,1-2H3/t15-,16-/m0/s1. The number of amides is 1. The Balaban J connectivity index is 1.52. The van der Waals surface area contributed by atoms with Crippen molar-refractivity contribution in [3.8, 4) is 0 Å². The fraction of sp³-hybridized carbons (Fsp3) is 0.500. The zero-order chi connectivity index (χ0) is 18.5. The van der Waals surface area contributed by atoms with Gasteiger partial charge in [-0.15, -0.1) is 0 Å². The van der Waals surface area contributed by atoms with E-state index in [0.717, 1.165) is 5.56 Å². The first-order valence-electron chi connectivity index (χ1n) is 8.60. The van der Waals surface area contributed by atoms with E-state index in [4.69, 9.17) is 9.26 Å². The van der Waals surface area contributed by atoms with Gasteiger partial charge in [0.1, 0.15) is 12.8 Å². The molecule has 1 aliphatic rings. The van der Waals surface area contributed by atoms with E-state index in [2.05, 4.69) is 10.1 Å². The quantitative estimate of drug-likeness (QED) is 0.786. The molecule has 2 atom stereocenters. The van der Waals surface area contributed by atoms with Gasteiger partial charge in [-0.05, 0) is 12.0 Å². The summed E-state index contributed by atoms with van der Waals surface area (Å²) in [6.07, 6.45) is -0.985. The highest BCUT2D eigenvalue weighted by Crippen LogP contribution is 2.23. The summed E-state index contributed by atoms with van der Waals surface area (Å²) in [7, 11) is 1.66. The largest absolute Gasteiger partial charge is 0.445 e. The van der Waals surface area contributed by atoms with E-state index in [-0.39, 0.29) is 12.6 Å². The molecule has 0 spiro atoms. The molecule has 0 aliphatic carbocycles. The lowest BCUT2D eigenvalue weighted by molar-refractivity contribution is 0.0932. The second-order valence-electron chi connectivity index (χ2n) is 6.57. The van der Waals surface area contributed by atoms with E-state index in [1.165, 1.54) is 4.90 Å². The molecular formula is C18H23FN4O3. The van der Waals surface area contributed by atoms with Crippen LogP contribution < -0.4 is 0 Å². The molecule has 2 aromatic rings. The molecular weight excluding hydrogens is 339 g/mol. The third-order valence-corrected chi connectivity index (χ3v) is 4.39. The molecule has 0 radical (unpaired) electrons. The number of hydrogen-bond acceptors (Lipinski definition) is 6. The Morgan fingerprint density at radius 2 is 2.19 bits per heavy atom. The minimum atomic E-state index is -0.929. The first-order valence-corrected chi connectivity index (χ1v) is 8.60. The number of carbonyl (C=O) groups excluding carboxylic acids is 1. The Labute approximate surface area is 151 Å². The van der Waals surface area contributed by atoms with Gasteiger partial charge in [0.05, 0.1) is 6.54 Å². The monoisotopic (exact) mass is 362 g/mol. The predicted octanol–water partition coefficient (Wildman–Crippen LogP) is 2.56. The van der Waals surface area contributed by atoms with E-state index < -0.39 is 12.3 Å². The summed E-state index contributed by atoms with van der Waals surface area (Å²) >= 11 is 0. The summed E-state index contributed by atoms with van der Waals surface area (Å²) in [4.78, 5) is 19.8. The van der Waals surface area contributed by atoms with Crippen LogP contribution in [0.15, 0.2) is 34.9 Å². The average Bonchev–Trinajstić information content (AvgIpc) is 3.19. The fourth-order valence-corrected chi connectivity index (χ4v) is 3.11. The predicted molar refractivity (Wildman–Crippen MR) is 92.0 cm³/mol. The Bertz CT molecular complexity index is 724. The number of rotatable bonds is 6. The maximum Gasteiger partial charge on any atom is 0.409 e. The molecule has 1 aromatic heterocycles. The molecule has 0 unspecified atom stereocenters. The zero-order valence-electron chi connectivity index (χ0n) is 15.0. The zero-order valence-corrected chi connectivity index (χ0v) is 15.0. The van der Waals surface area contributed by atoms with Gasteiger partial charge in [-0.3, -0.25) is 4.90 Å². The molecule has 1 amide bonds. The van der Waals surface area contributed by atoms with Crippen LogP contribution in [0.1, 0.15) is 23.7 Å². The third kappa shape index (κ3) is 4.78. The van der Waals surface area contributed by atoms with Crippen molar-refractivity contribution in [2.24, 2.45) is 0 Å². The van der Waals surface area contributed by atoms with Crippen LogP contribution in [-0.4, -0.2) is 58.4 Å². The molecule has 2 heterocycles. The Hall–Kier alpha value is -2.48. The van der Waals surface area contributed by atoms with Crippen molar-refractivity contribution in [1.82, 2.24) is 19.9 Å². The van der Waals surface area contributed by atoms with Gasteiger partial charge in [-0.2, -0.15) is 4.98 Å². The smallest absolute Gasteiger partial charge is 0.409 e. The number of nitrogens with zero attached hydrogens (tertiary/aromatic N) is 4. The minimum Gasteiger partial charge on any atom is -0.445 e. The number of benzene rings is 1. The molecule has 1 fully saturated rings. The molecule has 0 saturated carbocycles. The second kappa shape index (κ2) is 8.27. The molecule has 1 saturated heterocycles. The SMILES string of the molecule is Cc1nc(CN2C[C@@H](F)C[C@H]2CN(C)C(=O)OCc2ccccc2)no1. The fourth-order valence-electron chi connectivity index (χ4n) is 3.11. The highest BCUT2D eigenvalue weighted by atomic mass is 19.1. The molecule has 3 rings (SSSR count). The molecule has 7 nitrogen and oxygen atoms in total. The van der Waals surface area contributed by atoms with Gasteiger partial charge in [-0.25, -0.2) is 9.18 Å². The Morgan fingerprint density at radius 3 is 2.88 bits per heavy atom. The van der Waals surface area contributed by atoms with E-state index in [1.54, 1.807) is 14.0 Å². The second-order valence-corrected chi connectivity index (χ2v) is 6.57. The third-order valence-electron chi connectivity index (χ3n) is 4.39. The van der Waals surface area contributed by atoms with Crippen molar-refractivity contribution in [1.29, 1.82) is 0 Å². The minimum absolute atomic E-state index is 0.113. The highest BCUT2D eigenvalue weighted by molar-refractivity contribution is 5.67. The van der Waals surface area contributed by atoms with Gasteiger partial charge in [0.15, 0.2) is 5.82 Å². The number of aryl methyl sites for hydroxylation is 1.